The molecule has 0 atom stereocenters. The second-order valence-corrected chi connectivity index (χ2v) is 4.89. The molecule has 3 heteroatoms. The van der Waals surface area contributed by atoms with E-state index in [1.165, 1.54) is 24.3 Å². The third kappa shape index (κ3) is 1.87. The normalized spacial score (nSPS) is 20.1. The highest BCUT2D eigenvalue weighted by Crippen LogP contribution is 2.27. The first-order valence-corrected chi connectivity index (χ1v) is 5.99. The summed E-state index contributed by atoms with van der Waals surface area (Å²) in [5.41, 5.74) is 2.67. The first-order valence-electron chi connectivity index (χ1n) is 5.99. The van der Waals surface area contributed by atoms with Gasteiger partial charge < -0.3 is 15.0 Å². The summed E-state index contributed by atoms with van der Waals surface area (Å²) in [7, 11) is 2.15. The highest BCUT2D eigenvalue weighted by Gasteiger charge is 2.23. The van der Waals surface area contributed by atoms with Crippen LogP contribution in [0.3, 0.4) is 0 Å². The Labute approximate surface area is 96.4 Å². The molecule has 0 unspecified atom stereocenters. The summed E-state index contributed by atoms with van der Waals surface area (Å²) in [6.45, 7) is 4.27. The summed E-state index contributed by atoms with van der Waals surface area (Å²) < 4.78 is 5.83. The number of rotatable bonds is 3. The maximum absolute atomic E-state index is 5.83. The smallest absolute Gasteiger partial charge is 0.119 e. The Hall–Kier alpha value is -1.22. The predicted molar refractivity (Wildman–Crippen MR) is 65.1 cm³/mol. The Bertz CT molecular complexity index is 386. The van der Waals surface area contributed by atoms with Gasteiger partial charge in [0, 0.05) is 31.2 Å². The van der Waals surface area contributed by atoms with E-state index in [1.807, 2.05) is 0 Å². The fraction of sp³-hybridized carbons (Fsp3) is 0.538. The van der Waals surface area contributed by atoms with E-state index in [0.29, 0.717) is 0 Å². The second kappa shape index (κ2) is 3.98. The molecule has 2 heterocycles. The van der Waals surface area contributed by atoms with E-state index < -0.39 is 0 Å². The number of benzene rings is 1. The van der Waals surface area contributed by atoms with Crippen molar-refractivity contribution in [1.29, 1.82) is 0 Å². The molecule has 16 heavy (non-hydrogen) atoms. The van der Waals surface area contributed by atoms with Gasteiger partial charge in [-0.05, 0) is 37.2 Å². The van der Waals surface area contributed by atoms with E-state index in [9.17, 15) is 0 Å². The van der Waals surface area contributed by atoms with Crippen LogP contribution in [-0.2, 0) is 6.42 Å². The van der Waals surface area contributed by atoms with Gasteiger partial charge in [-0.2, -0.15) is 0 Å². The molecule has 0 saturated carbocycles. The highest BCUT2D eigenvalue weighted by atomic mass is 16.5. The Kier molecular flexibility index (Phi) is 2.48. The summed E-state index contributed by atoms with van der Waals surface area (Å²) in [5.74, 6) is 1.74. The Balaban J connectivity index is 1.58. The molecule has 1 aromatic carbocycles. The molecule has 2 aliphatic rings. The van der Waals surface area contributed by atoms with Crippen LogP contribution in [0.2, 0.25) is 0 Å². The summed E-state index contributed by atoms with van der Waals surface area (Å²) in [6, 6.07) is 6.38. The number of anilines is 1. The van der Waals surface area contributed by atoms with Crippen molar-refractivity contribution < 1.29 is 4.74 Å². The topological polar surface area (TPSA) is 24.5 Å². The van der Waals surface area contributed by atoms with Crippen LogP contribution < -0.4 is 10.1 Å². The second-order valence-electron chi connectivity index (χ2n) is 4.89. The van der Waals surface area contributed by atoms with Gasteiger partial charge >= 0.3 is 0 Å². The molecule has 1 saturated heterocycles. The third-order valence-corrected chi connectivity index (χ3v) is 3.41. The number of ether oxygens (including phenoxy) is 1. The number of nitrogens with zero attached hydrogens (tertiary/aromatic N) is 1. The average molecular weight is 218 g/mol. The summed E-state index contributed by atoms with van der Waals surface area (Å²) in [4.78, 5) is 2.32. The molecule has 0 amide bonds. The molecule has 2 aliphatic heterocycles. The number of fused-ring (bicyclic) bond motifs is 1. The maximum atomic E-state index is 5.83. The number of hydrogen-bond acceptors (Lipinski definition) is 3. The van der Waals surface area contributed by atoms with Crippen molar-refractivity contribution in [2.24, 2.45) is 5.92 Å². The summed E-state index contributed by atoms with van der Waals surface area (Å²) >= 11 is 0. The van der Waals surface area contributed by atoms with E-state index >= 15 is 0 Å². The summed E-state index contributed by atoms with van der Waals surface area (Å²) in [5, 5.41) is 3.36. The van der Waals surface area contributed by atoms with Crippen LogP contribution in [0.15, 0.2) is 18.2 Å². The van der Waals surface area contributed by atoms with Gasteiger partial charge in [0.1, 0.15) is 5.75 Å². The fourth-order valence-electron chi connectivity index (χ4n) is 2.52. The molecular formula is C13H18N2O. The lowest BCUT2D eigenvalue weighted by Gasteiger charge is -2.35. The van der Waals surface area contributed by atoms with Crippen molar-refractivity contribution in [3.8, 4) is 5.75 Å². The van der Waals surface area contributed by atoms with Gasteiger partial charge in [-0.25, -0.2) is 0 Å². The van der Waals surface area contributed by atoms with Gasteiger partial charge in [-0.15, -0.1) is 0 Å². The predicted octanol–water partition coefficient (Wildman–Crippen LogP) is 1.59. The Morgan fingerprint density at radius 3 is 3.12 bits per heavy atom. The van der Waals surface area contributed by atoms with Crippen LogP contribution in [0.5, 0.6) is 5.75 Å². The zero-order valence-electron chi connectivity index (χ0n) is 9.70. The van der Waals surface area contributed by atoms with Crippen molar-refractivity contribution >= 4 is 5.69 Å². The fourth-order valence-corrected chi connectivity index (χ4v) is 2.52. The minimum Gasteiger partial charge on any atom is -0.493 e. The first kappa shape index (κ1) is 9.97. The van der Waals surface area contributed by atoms with Gasteiger partial charge in [-0.3, -0.25) is 0 Å². The molecular weight excluding hydrogens is 200 g/mol. The molecule has 1 aromatic rings. The van der Waals surface area contributed by atoms with Crippen LogP contribution >= 0.6 is 0 Å². The minimum atomic E-state index is 0.719. The van der Waals surface area contributed by atoms with Crippen molar-refractivity contribution in [1.82, 2.24) is 4.90 Å². The van der Waals surface area contributed by atoms with Gasteiger partial charge in [0.2, 0.25) is 0 Å². The Morgan fingerprint density at radius 2 is 2.31 bits per heavy atom. The number of hydrogen-bond donors (Lipinski definition) is 1. The molecule has 3 rings (SSSR count). The number of likely N-dealkylation sites (tertiary alicyclic amines) is 1. The van der Waals surface area contributed by atoms with Crippen LogP contribution in [0.25, 0.3) is 0 Å². The molecule has 1 fully saturated rings. The van der Waals surface area contributed by atoms with E-state index in [0.717, 1.165) is 31.2 Å². The molecule has 0 spiro atoms. The van der Waals surface area contributed by atoms with E-state index in [-0.39, 0.29) is 0 Å². The monoisotopic (exact) mass is 218 g/mol. The zero-order valence-corrected chi connectivity index (χ0v) is 9.70. The maximum Gasteiger partial charge on any atom is 0.119 e. The molecule has 0 aromatic heterocycles. The average Bonchev–Trinajstić information content (AvgIpc) is 2.69. The van der Waals surface area contributed by atoms with Crippen LogP contribution in [0.1, 0.15) is 5.56 Å². The Morgan fingerprint density at radius 1 is 1.44 bits per heavy atom. The van der Waals surface area contributed by atoms with Crippen molar-refractivity contribution in [2.45, 2.75) is 6.42 Å². The van der Waals surface area contributed by atoms with Crippen LogP contribution in [-0.4, -0.2) is 38.2 Å². The molecule has 86 valence electrons. The van der Waals surface area contributed by atoms with E-state index in [1.54, 1.807) is 0 Å². The quantitative estimate of drug-likeness (QED) is 0.834. The largest absolute Gasteiger partial charge is 0.493 e. The lowest BCUT2D eigenvalue weighted by Crippen LogP contribution is -2.46. The molecule has 0 bridgehead atoms. The highest BCUT2D eigenvalue weighted by molar-refractivity contribution is 5.57. The van der Waals surface area contributed by atoms with Crippen molar-refractivity contribution in [3.63, 3.8) is 0 Å². The van der Waals surface area contributed by atoms with E-state index in [4.69, 9.17) is 4.74 Å². The van der Waals surface area contributed by atoms with Crippen molar-refractivity contribution in [2.75, 3.05) is 38.6 Å². The van der Waals surface area contributed by atoms with Crippen molar-refractivity contribution in [3.05, 3.63) is 23.8 Å². The lowest BCUT2D eigenvalue weighted by molar-refractivity contribution is 0.0857. The van der Waals surface area contributed by atoms with Crippen LogP contribution in [0.4, 0.5) is 5.69 Å². The number of nitrogens with one attached hydrogen (secondary N) is 1. The summed E-state index contributed by atoms with van der Waals surface area (Å²) in [6.07, 6.45) is 1.12. The molecule has 0 radical (unpaired) electrons. The molecule has 3 nitrogen and oxygen atoms in total. The van der Waals surface area contributed by atoms with Gasteiger partial charge in [0.25, 0.3) is 0 Å². The first-order chi connectivity index (χ1) is 7.81. The van der Waals surface area contributed by atoms with E-state index in [2.05, 4.69) is 35.5 Å². The van der Waals surface area contributed by atoms with Gasteiger partial charge in [0.15, 0.2) is 0 Å². The van der Waals surface area contributed by atoms with Crippen LogP contribution in [0, 0.1) is 5.92 Å². The van der Waals surface area contributed by atoms with Gasteiger partial charge in [-0.1, -0.05) is 0 Å². The standard InChI is InChI=1S/C13H18N2O/c1-15-7-10(8-15)9-16-12-2-3-13-11(6-12)4-5-14-13/h2-3,6,10,14H,4-5,7-9H2,1H3. The zero-order chi connectivity index (χ0) is 11.0. The SMILES string of the molecule is CN1CC(COc2ccc3c(c2)CCN3)C1. The molecule has 1 N–H and O–H groups in total. The van der Waals surface area contributed by atoms with Gasteiger partial charge in [0.05, 0.1) is 6.61 Å². The lowest BCUT2D eigenvalue weighted by atomic mass is 10.0. The minimum absolute atomic E-state index is 0.719. The third-order valence-electron chi connectivity index (χ3n) is 3.41. The molecule has 0 aliphatic carbocycles.